The number of fused-ring (bicyclic) bond motifs is 5. The lowest BCUT2D eigenvalue weighted by Gasteiger charge is -2.25. The van der Waals surface area contributed by atoms with Crippen LogP contribution in [-0.2, 0) is 14.3 Å². The Morgan fingerprint density at radius 2 is 1.57 bits per heavy atom. The number of Topliss-reactive ketones (excluding diaryl/α,β-unsaturated/α-hetero) is 1. The van der Waals surface area contributed by atoms with Crippen LogP contribution in [0.1, 0.15) is 58.8 Å². The highest BCUT2D eigenvalue weighted by Crippen LogP contribution is 2.59. The highest BCUT2D eigenvalue weighted by Gasteiger charge is 2.58. The van der Waals surface area contributed by atoms with Crippen LogP contribution in [-0.4, -0.2) is 19.0 Å². The molecule has 0 spiro atoms. The molecule has 0 N–H and O–H groups in total. The molecule has 3 rings (SSSR count). The Kier molecular flexibility index (Phi) is 4.56. The maximum Gasteiger partial charge on any atom is 0.204 e. The van der Waals surface area contributed by atoms with Crippen LogP contribution in [0.2, 0.25) is 0 Å². The summed E-state index contributed by atoms with van der Waals surface area (Å²) in [5, 5.41) is 0. The number of carbonyl (C=O) groups is 1. The van der Waals surface area contributed by atoms with Gasteiger partial charge in [-0.3, -0.25) is 4.79 Å². The van der Waals surface area contributed by atoms with Crippen LogP contribution in [0.5, 0.6) is 0 Å². The predicted octanol–water partition coefficient (Wildman–Crippen LogP) is 4.08. The molecule has 21 heavy (non-hydrogen) atoms. The molecule has 0 aromatic rings. The van der Waals surface area contributed by atoms with Gasteiger partial charge in [0.2, 0.25) is 11.5 Å². The highest BCUT2D eigenvalue weighted by atomic mass is 16.5. The van der Waals surface area contributed by atoms with Gasteiger partial charge in [0.15, 0.2) is 0 Å². The van der Waals surface area contributed by atoms with Crippen molar-refractivity contribution in [3.8, 4) is 0 Å². The van der Waals surface area contributed by atoms with E-state index in [-0.39, 0.29) is 11.7 Å². The Labute approximate surface area is 128 Å². The molecule has 2 bridgehead atoms. The van der Waals surface area contributed by atoms with Crippen LogP contribution < -0.4 is 0 Å². The molecule has 0 radical (unpaired) electrons. The molecule has 0 amide bonds. The van der Waals surface area contributed by atoms with E-state index < -0.39 is 0 Å². The number of ether oxygens (including phenoxy) is 2. The minimum absolute atomic E-state index is 0.178. The van der Waals surface area contributed by atoms with E-state index in [4.69, 9.17) is 9.47 Å². The molecule has 2 fully saturated rings. The Hall–Kier alpha value is -0.990. The van der Waals surface area contributed by atoms with E-state index in [0.717, 1.165) is 38.0 Å². The minimum atomic E-state index is 0.178. The summed E-state index contributed by atoms with van der Waals surface area (Å²) in [4.78, 5) is 12.8. The lowest BCUT2D eigenvalue weighted by atomic mass is 9.80. The van der Waals surface area contributed by atoms with E-state index in [1.165, 1.54) is 19.3 Å². The molecule has 0 unspecified atom stereocenters. The molecular formula is C18H28O3. The van der Waals surface area contributed by atoms with Crippen LogP contribution in [0.3, 0.4) is 0 Å². The third-order valence-electron chi connectivity index (χ3n) is 5.47. The molecule has 2 saturated carbocycles. The first-order valence-electron chi connectivity index (χ1n) is 8.81. The van der Waals surface area contributed by atoms with Gasteiger partial charge in [-0.1, -0.05) is 26.7 Å². The standard InChI is InChI=1S/C18H28O3/c1-3-5-9-20-17-15-13-8-7-12(11-13)14(15)16(19)18(17)21-10-6-4-2/h12-15H,3-11H2,1-2H3/t12-,13+,14+,15-/m0/s1. The van der Waals surface area contributed by atoms with Gasteiger partial charge in [-0.2, -0.15) is 0 Å². The summed E-state index contributed by atoms with van der Waals surface area (Å²) < 4.78 is 11.9. The zero-order chi connectivity index (χ0) is 14.8. The van der Waals surface area contributed by atoms with E-state index in [1.807, 2.05) is 0 Å². The zero-order valence-electron chi connectivity index (χ0n) is 13.4. The first kappa shape index (κ1) is 14.9. The Bertz CT molecular complexity index is 426. The summed E-state index contributed by atoms with van der Waals surface area (Å²) in [5.41, 5.74) is 0. The maximum absolute atomic E-state index is 12.8. The lowest BCUT2D eigenvalue weighted by molar-refractivity contribution is -0.123. The van der Waals surface area contributed by atoms with E-state index >= 15 is 0 Å². The summed E-state index contributed by atoms with van der Waals surface area (Å²) in [7, 11) is 0. The third kappa shape index (κ3) is 2.60. The van der Waals surface area contributed by atoms with Gasteiger partial charge in [-0.15, -0.1) is 0 Å². The predicted molar refractivity (Wildman–Crippen MR) is 81.6 cm³/mol. The first-order valence-corrected chi connectivity index (χ1v) is 8.81. The average Bonchev–Trinajstić information content (AvgIpc) is 3.15. The molecule has 3 nitrogen and oxygen atoms in total. The van der Waals surface area contributed by atoms with E-state index in [2.05, 4.69) is 13.8 Å². The van der Waals surface area contributed by atoms with E-state index in [1.54, 1.807) is 0 Å². The van der Waals surface area contributed by atoms with Gasteiger partial charge in [0, 0.05) is 11.8 Å². The Balaban J connectivity index is 1.76. The maximum atomic E-state index is 12.8. The van der Waals surface area contributed by atoms with Crippen molar-refractivity contribution in [3.05, 3.63) is 11.5 Å². The third-order valence-corrected chi connectivity index (χ3v) is 5.47. The monoisotopic (exact) mass is 292 g/mol. The van der Waals surface area contributed by atoms with Gasteiger partial charge >= 0.3 is 0 Å². The number of ketones is 1. The molecule has 0 heterocycles. The van der Waals surface area contributed by atoms with Gasteiger partial charge < -0.3 is 9.47 Å². The van der Waals surface area contributed by atoms with Crippen molar-refractivity contribution in [2.75, 3.05) is 13.2 Å². The molecular weight excluding hydrogens is 264 g/mol. The Morgan fingerprint density at radius 3 is 2.24 bits per heavy atom. The van der Waals surface area contributed by atoms with Crippen LogP contribution >= 0.6 is 0 Å². The average molecular weight is 292 g/mol. The van der Waals surface area contributed by atoms with Crippen LogP contribution in [0, 0.1) is 23.7 Å². The van der Waals surface area contributed by atoms with Gasteiger partial charge in [0.25, 0.3) is 0 Å². The van der Waals surface area contributed by atoms with Crippen LogP contribution in [0.15, 0.2) is 11.5 Å². The molecule has 3 aliphatic carbocycles. The lowest BCUT2D eigenvalue weighted by Crippen LogP contribution is -2.25. The van der Waals surface area contributed by atoms with Crippen LogP contribution in [0.25, 0.3) is 0 Å². The second-order valence-electron chi connectivity index (χ2n) is 6.85. The SMILES string of the molecule is CCCCOC1=C(OCCCC)[C@H]2[C@@H]3CC[C@@H](C3)[C@H]2C1=O. The van der Waals surface area contributed by atoms with Crippen LogP contribution in [0.4, 0.5) is 0 Å². The molecule has 118 valence electrons. The smallest absolute Gasteiger partial charge is 0.204 e. The van der Waals surface area contributed by atoms with Gasteiger partial charge in [0.05, 0.1) is 13.2 Å². The molecule has 0 saturated heterocycles. The van der Waals surface area contributed by atoms with Gasteiger partial charge in [-0.25, -0.2) is 0 Å². The largest absolute Gasteiger partial charge is 0.494 e. The molecule has 3 heteroatoms. The summed E-state index contributed by atoms with van der Waals surface area (Å²) in [5.74, 6) is 3.52. The van der Waals surface area contributed by atoms with Gasteiger partial charge in [-0.05, 0) is 43.9 Å². The number of hydrogen-bond acceptors (Lipinski definition) is 3. The van der Waals surface area contributed by atoms with Crippen molar-refractivity contribution < 1.29 is 14.3 Å². The zero-order valence-corrected chi connectivity index (χ0v) is 13.4. The summed E-state index contributed by atoms with van der Waals surface area (Å²) >= 11 is 0. The number of rotatable bonds is 8. The first-order chi connectivity index (χ1) is 10.3. The molecule has 4 atom stereocenters. The second kappa shape index (κ2) is 6.41. The second-order valence-corrected chi connectivity index (χ2v) is 6.85. The molecule has 0 aromatic carbocycles. The summed E-state index contributed by atoms with van der Waals surface area (Å²) in [6.45, 7) is 5.67. The normalized spacial score (nSPS) is 33.7. The Morgan fingerprint density at radius 1 is 0.952 bits per heavy atom. The molecule has 3 aliphatic rings. The number of unbranched alkanes of at least 4 members (excludes halogenated alkanes) is 2. The fraction of sp³-hybridized carbons (Fsp3) is 0.833. The van der Waals surface area contributed by atoms with E-state index in [0.29, 0.717) is 30.1 Å². The number of allylic oxidation sites excluding steroid dienone is 2. The minimum Gasteiger partial charge on any atom is -0.494 e. The summed E-state index contributed by atoms with van der Waals surface area (Å²) in [6, 6.07) is 0. The number of carbonyl (C=O) groups excluding carboxylic acids is 1. The highest BCUT2D eigenvalue weighted by molar-refractivity contribution is 5.99. The molecule has 0 aromatic heterocycles. The van der Waals surface area contributed by atoms with Crippen molar-refractivity contribution in [2.24, 2.45) is 23.7 Å². The molecule has 0 aliphatic heterocycles. The van der Waals surface area contributed by atoms with Crippen molar-refractivity contribution in [3.63, 3.8) is 0 Å². The van der Waals surface area contributed by atoms with E-state index in [9.17, 15) is 4.79 Å². The van der Waals surface area contributed by atoms with Crippen molar-refractivity contribution >= 4 is 5.78 Å². The van der Waals surface area contributed by atoms with Crippen molar-refractivity contribution in [1.29, 1.82) is 0 Å². The topological polar surface area (TPSA) is 35.5 Å². The summed E-state index contributed by atoms with van der Waals surface area (Å²) in [6.07, 6.45) is 7.97. The van der Waals surface area contributed by atoms with Crippen molar-refractivity contribution in [2.45, 2.75) is 58.8 Å². The quantitative estimate of drug-likeness (QED) is 0.632. The number of hydrogen-bond donors (Lipinski definition) is 0. The van der Waals surface area contributed by atoms with Crippen molar-refractivity contribution in [1.82, 2.24) is 0 Å². The fourth-order valence-corrected chi connectivity index (χ4v) is 4.42. The van der Waals surface area contributed by atoms with Gasteiger partial charge in [0.1, 0.15) is 5.76 Å². The fourth-order valence-electron chi connectivity index (χ4n) is 4.42.